The average molecular weight is 484 g/mol. The third-order valence-electron chi connectivity index (χ3n) is 5.51. The molecule has 0 bridgehead atoms. The Morgan fingerprint density at radius 3 is 2.63 bits per heavy atom. The Morgan fingerprint density at radius 2 is 1.86 bits per heavy atom. The van der Waals surface area contributed by atoms with Gasteiger partial charge in [-0.25, -0.2) is 15.0 Å². The molecule has 3 amide bonds. The maximum atomic E-state index is 12.2. The summed E-state index contributed by atoms with van der Waals surface area (Å²) < 4.78 is 7.19. The highest BCUT2D eigenvalue weighted by Crippen LogP contribution is 2.31. The largest absolute Gasteiger partial charge is 0.387 e. The van der Waals surface area contributed by atoms with E-state index in [0.717, 1.165) is 0 Å². The highest BCUT2D eigenvalue weighted by Gasteiger charge is 2.44. The molecule has 3 aromatic rings. The number of imidazole rings is 1. The first kappa shape index (κ1) is 24.0. The van der Waals surface area contributed by atoms with Gasteiger partial charge in [0.05, 0.1) is 6.33 Å². The Labute approximate surface area is 198 Å². The van der Waals surface area contributed by atoms with Gasteiger partial charge in [0, 0.05) is 30.6 Å². The lowest BCUT2D eigenvalue weighted by Gasteiger charge is -2.16. The van der Waals surface area contributed by atoms with Crippen molar-refractivity contribution in [1.29, 1.82) is 0 Å². The molecule has 1 aromatic carbocycles. The fourth-order valence-electron chi connectivity index (χ4n) is 3.69. The summed E-state index contributed by atoms with van der Waals surface area (Å²) in [6.07, 6.45) is -2.16. The van der Waals surface area contributed by atoms with Gasteiger partial charge in [-0.05, 0) is 18.2 Å². The smallest absolute Gasteiger partial charge is 0.248 e. The molecule has 0 radical (unpaired) electrons. The van der Waals surface area contributed by atoms with E-state index in [1.165, 1.54) is 29.4 Å². The van der Waals surface area contributed by atoms with E-state index in [9.17, 15) is 24.6 Å². The van der Waals surface area contributed by atoms with Crippen molar-refractivity contribution in [3.63, 3.8) is 0 Å². The van der Waals surface area contributed by atoms with Crippen molar-refractivity contribution in [2.24, 2.45) is 5.73 Å². The van der Waals surface area contributed by atoms with E-state index in [1.807, 2.05) is 0 Å². The molecular weight excluding hydrogens is 460 g/mol. The van der Waals surface area contributed by atoms with E-state index < -0.39 is 42.3 Å². The first-order chi connectivity index (χ1) is 16.7. The van der Waals surface area contributed by atoms with Crippen LogP contribution in [0.1, 0.15) is 29.4 Å². The molecule has 8 N–H and O–H groups in total. The molecule has 184 valence electrons. The van der Waals surface area contributed by atoms with Gasteiger partial charge in [-0.2, -0.15) is 0 Å². The summed E-state index contributed by atoms with van der Waals surface area (Å²) in [5, 5.41) is 26.0. The number of aromatic nitrogens is 4. The summed E-state index contributed by atoms with van der Waals surface area (Å²) >= 11 is 0. The van der Waals surface area contributed by atoms with Crippen molar-refractivity contribution in [3.8, 4) is 0 Å². The van der Waals surface area contributed by atoms with Crippen LogP contribution >= 0.6 is 0 Å². The first-order valence-corrected chi connectivity index (χ1v) is 10.7. The summed E-state index contributed by atoms with van der Waals surface area (Å²) in [5.74, 6) is -1.34. The summed E-state index contributed by atoms with van der Waals surface area (Å²) in [7, 11) is 0. The van der Waals surface area contributed by atoms with Crippen LogP contribution in [0, 0.1) is 0 Å². The molecule has 4 atom stereocenters. The van der Waals surface area contributed by atoms with Gasteiger partial charge in [-0.1, -0.05) is 6.07 Å². The van der Waals surface area contributed by atoms with Crippen LogP contribution in [0.15, 0.2) is 36.9 Å². The minimum atomic E-state index is -1.31. The van der Waals surface area contributed by atoms with Gasteiger partial charge in [0.15, 0.2) is 17.7 Å². The third-order valence-corrected chi connectivity index (χ3v) is 5.51. The zero-order chi connectivity index (χ0) is 25.1. The molecule has 1 saturated heterocycles. The van der Waals surface area contributed by atoms with E-state index in [0.29, 0.717) is 16.9 Å². The third kappa shape index (κ3) is 5.18. The Hall–Kier alpha value is -4.14. The van der Waals surface area contributed by atoms with Gasteiger partial charge in [0.2, 0.25) is 17.7 Å². The number of hydrogen-bond donors (Lipinski definition) is 6. The molecule has 14 heteroatoms. The molecule has 35 heavy (non-hydrogen) atoms. The Morgan fingerprint density at radius 1 is 1.09 bits per heavy atom. The molecule has 14 nitrogen and oxygen atoms in total. The van der Waals surface area contributed by atoms with Crippen LogP contribution in [-0.4, -0.2) is 72.3 Å². The van der Waals surface area contributed by atoms with Crippen molar-refractivity contribution >= 4 is 40.4 Å². The summed E-state index contributed by atoms with van der Waals surface area (Å²) in [6, 6.07) is 6.12. The van der Waals surface area contributed by atoms with E-state index in [-0.39, 0.29) is 30.8 Å². The topological polar surface area (TPSA) is 221 Å². The number of carbonyl (C=O) groups is 3. The van der Waals surface area contributed by atoms with Crippen molar-refractivity contribution < 1.29 is 29.3 Å². The van der Waals surface area contributed by atoms with Crippen molar-refractivity contribution in [2.75, 3.05) is 17.6 Å². The maximum absolute atomic E-state index is 12.2. The van der Waals surface area contributed by atoms with Gasteiger partial charge < -0.3 is 37.1 Å². The SMILES string of the molecule is NC(=O)c1cccc(NC(=O)CCC(=O)NC[C@H]2O[C@@H](n3cnc4c(N)ncnc43)[C@H](O)[C@@H]2O)c1. The second-order valence-corrected chi connectivity index (χ2v) is 7.93. The molecule has 3 heterocycles. The molecule has 0 saturated carbocycles. The number of hydrogen-bond acceptors (Lipinski definition) is 10. The Bertz CT molecular complexity index is 1260. The molecule has 0 spiro atoms. The minimum Gasteiger partial charge on any atom is -0.387 e. The number of nitrogens with one attached hydrogen (secondary N) is 2. The van der Waals surface area contributed by atoms with E-state index in [1.54, 1.807) is 12.1 Å². The van der Waals surface area contributed by atoms with Crippen LogP contribution in [0.2, 0.25) is 0 Å². The fraction of sp³-hybridized carbons (Fsp3) is 0.333. The summed E-state index contributed by atoms with van der Waals surface area (Å²) in [4.78, 5) is 47.6. The molecule has 1 fully saturated rings. The molecular formula is C21H24N8O6. The van der Waals surface area contributed by atoms with Gasteiger partial charge in [-0.15, -0.1) is 0 Å². The number of anilines is 2. The predicted octanol–water partition coefficient (Wildman–Crippen LogP) is -1.34. The number of nitrogens with two attached hydrogens (primary N) is 2. The molecule has 1 aliphatic rings. The predicted molar refractivity (Wildman–Crippen MR) is 121 cm³/mol. The minimum absolute atomic E-state index is 0.0976. The standard InChI is InChI=1S/C21H24N8O6/c22-18-15-20(26-8-25-18)29(9-27-15)21-17(33)16(32)12(35-21)7-24-13(30)4-5-14(31)28-11-3-1-2-10(6-11)19(23)34/h1-3,6,8-9,12,16-17,21,32-33H,4-5,7H2,(H2,23,34)(H,24,30)(H,28,31)(H2,22,25,26)/t12-,16-,17-,21-/m1/s1. The number of nitrogen functional groups attached to an aromatic ring is 1. The maximum Gasteiger partial charge on any atom is 0.248 e. The van der Waals surface area contributed by atoms with E-state index in [2.05, 4.69) is 25.6 Å². The number of aliphatic hydroxyl groups excluding tert-OH is 2. The number of fused-ring (bicyclic) bond motifs is 1. The number of primary amides is 1. The van der Waals surface area contributed by atoms with Crippen molar-refractivity contribution in [2.45, 2.75) is 37.4 Å². The molecule has 0 aliphatic carbocycles. The van der Waals surface area contributed by atoms with Crippen LogP contribution in [0.25, 0.3) is 11.2 Å². The normalized spacial score (nSPS) is 21.7. The Kier molecular flexibility index (Phi) is 6.86. The lowest BCUT2D eigenvalue weighted by atomic mass is 10.1. The molecule has 4 rings (SSSR count). The van der Waals surface area contributed by atoms with Gasteiger partial charge in [0.25, 0.3) is 0 Å². The Balaban J connectivity index is 1.28. The number of nitrogens with zero attached hydrogens (tertiary/aromatic N) is 4. The number of rotatable bonds is 8. The summed E-state index contributed by atoms with van der Waals surface area (Å²) in [6.45, 7) is -0.0976. The van der Waals surface area contributed by atoms with Crippen LogP contribution in [0.5, 0.6) is 0 Å². The van der Waals surface area contributed by atoms with Crippen LogP contribution < -0.4 is 22.1 Å². The van der Waals surface area contributed by atoms with Gasteiger partial charge in [0.1, 0.15) is 30.2 Å². The number of ether oxygens (including phenoxy) is 1. The number of benzene rings is 1. The van der Waals surface area contributed by atoms with Crippen molar-refractivity contribution in [1.82, 2.24) is 24.8 Å². The number of aliphatic hydroxyl groups is 2. The second-order valence-electron chi connectivity index (χ2n) is 7.93. The molecule has 2 aromatic heterocycles. The quantitative estimate of drug-likeness (QED) is 0.221. The van der Waals surface area contributed by atoms with Crippen molar-refractivity contribution in [3.05, 3.63) is 42.5 Å². The first-order valence-electron chi connectivity index (χ1n) is 10.7. The van der Waals surface area contributed by atoms with Crippen LogP contribution in [0.3, 0.4) is 0 Å². The monoisotopic (exact) mass is 484 g/mol. The van der Waals surface area contributed by atoms with Gasteiger partial charge in [-0.3, -0.25) is 19.0 Å². The molecule has 1 aliphatic heterocycles. The van der Waals surface area contributed by atoms with Gasteiger partial charge >= 0.3 is 0 Å². The number of amides is 3. The lowest BCUT2D eigenvalue weighted by Crippen LogP contribution is -2.40. The number of carbonyl (C=O) groups excluding carboxylic acids is 3. The van der Waals surface area contributed by atoms with E-state index >= 15 is 0 Å². The molecule has 0 unspecified atom stereocenters. The fourth-order valence-corrected chi connectivity index (χ4v) is 3.69. The van der Waals surface area contributed by atoms with E-state index in [4.69, 9.17) is 16.2 Å². The highest BCUT2D eigenvalue weighted by atomic mass is 16.6. The van der Waals surface area contributed by atoms with Crippen LogP contribution in [0.4, 0.5) is 11.5 Å². The zero-order valence-corrected chi connectivity index (χ0v) is 18.4. The zero-order valence-electron chi connectivity index (χ0n) is 18.4. The summed E-state index contributed by atoms with van der Waals surface area (Å²) in [5.41, 5.74) is 12.3. The second kappa shape index (κ2) is 10.0. The highest BCUT2D eigenvalue weighted by molar-refractivity contribution is 5.97. The lowest BCUT2D eigenvalue weighted by molar-refractivity contribution is -0.125. The average Bonchev–Trinajstić information content (AvgIpc) is 3.38. The van der Waals surface area contributed by atoms with Crippen LogP contribution in [-0.2, 0) is 14.3 Å².